The molecular weight excluding hydrogens is 386 g/mol. The van der Waals surface area contributed by atoms with Crippen molar-refractivity contribution in [3.8, 4) is 22.4 Å². The zero-order valence-electron chi connectivity index (χ0n) is 16.4. The first-order chi connectivity index (χ1) is 14.5. The highest BCUT2D eigenvalue weighted by molar-refractivity contribution is 6.04. The summed E-state index contributed by atoms with van der Waals surface area (Å²) >= 11 is 0. The number of amides is 1. The number of halogens is 2. The molecule has 0 aliphatic carbocycles. The Morgan fingerprint density at radius 3 is 2.23 bits per heavy atom. The first-order valence-corrected chi connectivity index (χ1v) is 9.26. The summed E-state index contributed by atoms with van der Waals surface area (Å²) in [7, 11) is 1.68. The number of nitrogens with zero attached hydrogens (tertiary/aromatic N) is 4. The molecule has 2 heterocycles. The lowest BCUT2D eigenvalue weighted by molar-refractivity contribution is -0.115. The van der Waals surface area contributed by atoms with Crippen LogP contribution in [0.3, 0.4) is 0 Å². The predicted octanol–water partition coefficient (Wildman–Crippen LogP) is 5.11. The van der Waals surface area contributed by atoms with Crippen LogP contribution in [0.1, 0.15) is 6.92 Å². The Bertz CT molecular complexity index is 1200. The molecule has 0 saturated carbocycles. The second kappa shape index (κ2) is 7.87. The van der Waals surface area contributed by atoms with Crippen molar-refractivity contribution in [2.24, 2.45) is 7.05 Å². The van der Waals surface area contributed by atoms with Crippen molar-refractivity contribution >= 4 is 17.4 Å². The SMILES string of the molecule is CC(=O)N(c1ccccc1F)c1c(-c2ccncc2)c(-c2ccc(F)cc2)nn1C. The van der Waals surface area contributed by atoms with Gasteiger partial charge in [0.2, 0.25) is 5.91 Å². The van der Waals surface area contributed by atoms with Crippen molar-refractivity contribution in [1.82, 2.24) is 14.8 Å². The number of hydrogen-bond donors (Lipinski definition) is 0. The molecule has 0 bridgehead atoms. The fraction of sp³-hybridized carbons (Fsp3) is 0.0870. The van der Waals surface area contributed by atoms with Crippen LogP contribution in [0.15, 0.2) is 73.1 Å². The summed E-state index contributed by atoms with van der Waals surface area (Å²) in [5, 5.41) is 4.60. The van der Waals surface area contributed by atoms with Crippen LogP contribution >= 0.6 is 0 Å². The Hall–Kier alpha value is -3.87. The first-order valence-electron chi connectivity index (χ1n) is 9.26. The Morgan fingerprint density at radius 1 is 0.933 bits per heavy atom. The Balaban J connectivity index is 2.03. The van der Waals surface area contributed by atoms with Crippen LogP contribution in [-0.2, 0) is 11.8 Å². The van der Waals surface area contributed by atoms with Crippen molar-refractivity contribution in [3.63, 3.8) is 0 Å². The quantitative estimate of drug-likeness (QED) is 0.475. The minimum absolute atomic E-state index is 0.119. The maximum Gasteiger partial charge on any atom is 0.229 e. The highest BCUT2D eigenvalue weighted by Gasteiger charge is 2.28. The van der Waals surface area contributed by atoms with E-state index >= 15 is 0 Å². The third kappa shape index (κ3) is 3.45. The van der Waals surface area contributed by atoms with Crippen LogP contribution in [-0.4, -0.2) is 20.7 Å². The van der Waals surface area contributed by atoms with Crippen LogP contribution < -0.4 is 4.90 Å². The van der Waals surface area contributed by atoms with Gasteiger partial charge >= 0.3 is 0 Å². The third-order valence-electron chi connectivity index (χ3n) is 4.72. The number of pyridine rings is 1. The molecule has 4 aromatic rings. The van der Waals surface area contributed by atoms with Crippen molar-refractivity contribution in [3.05, 3.63) is 84.7 Å². The van der Waals surface area contributed by atoms with Crippen LogP contribution in [0, 0.1) is 11.6 Å². The van der Waals surface area contributed by atoms with Crippen LogP contribution in [0.4, 0.5) is 20.3 Å². The number of rotatable bonds is 4. The van der Waals surface area contributed by atoms with Gasteiger partial charge < -0.3 is 0 Å². The fourth-order valence-corrected chi connectivity index (χ4v) is 3.43. The summed E-state index contributed by atoms with van der Waals surface area (Å²) in [5.41, 5.74) is 2.69. The van der Waals surface area contributed by atoms with Crippen LogP contribution in [0.2, 0.25) is 0 Å². The van der Waals surface area contributed by atoms with Gasteiger partial charge in [-0.15, -0.1) is 0 Å². The van der Waals surface area contributed by atoms with Crippen LogP contribution in [0.25, 0.3) is 22.4 Å². The summed E-state index contributed by atoms with van der Waals surface area (Å²) in [4.78, 5) is 18.0. The lowest BCUT2D eigenvalue weighted by Gasteiger charge is -2.23. The second-order valence-corrected chi connectivity index (χ2v) is 6.72. The van der Waals surface area contributed by atoms with E-state index in [-0.39, 0.29) is 17.4 Å². The van der Waals surface area contributed by atoms with Gasteiger partial charge in [0.1, 0.15) is 23.1 Å². The second-order valence-electron chi connectivity index (χ2n) is 6.72. The average Bonchev–Trinajstić information content (AvgIpc) is 3.07. The maximum absolute atomic E-state index is 14.7. The molecule has 0 saturated heterocycles. The molecule has 0 aliphatic heterocycles. The molecule has 30 heavy (non-hydrogen) atoms. The lowest BCUT2D eigenvalue weighted by atomic mass is 10.0. The molecule has 150 valence electrons. The normalized spacial score (nSPS) is 10.8. The topological polar surface area (TPSA) is 51.0 Å². The molecule has 2 aromatic carbocycles. The van der Waals surface area contributed by atoms with Crippen molar-refractivity contribution in [1.29, 1.82) is 0 Å². The smallest absolute Gasteiger partial charge is 0.229 e. The summed E-state index contributed by atoms with van der Waals surface area (Å²) in [5.74, 6) is -0.864. The van der Waals surface area contributed by atoms with Gasteiger partial charge in [0, 0.05) is 31.9 Å². The third-order valence-corrected chi connectivity index (χ3v) is 4.72. The van der Waals surface area contributed by atoms with E-state index in [0.717, 1.165) is 5.56 Å². The number of benzene rings is 2. The lowest BCUT2D eigenvalue weighted by Crippen LogP contribution is -2.26. The highest BCUT2D eigenvalue weighted by Crippen LogP contribution is 2.42. The minimum atomic E-state index is -0.530. The Kier molecular flexibility index (Phi) is 5.10. The van der Waals surface area contributed by atoms with Gasteiger partial charge in [0.25, 0.3) is 0 Å². The van der Waals surface area contributed by atoms with Gasteiger partial charge in [0.15, 0.2) is 0 Å². The summed E-state index contributed by atoms with van der Waals surface area (Å²) in [6, 6.07) is 15.6. The number of para-hydroxylation sites is 1. The molecule has 4 rings (SSSR count). The predicted molar refractivity (Wildman–Crippen MR) is 111 cm³/mol. The standard InChI is InChI=1S/C23H18F2N4O/c1-15(30)29(20-6-4-3-5-19(20)25)23-21(16-11-13-26-14-12-16)22(27-28(23)2)17-7-9-18(24)10-8-17/h3-14H,1-2H3. The number of aryl methyl sites for hydroxylation is 1. The van der Waals surface area contributed by atoms with Gasteiger partial charge in [-0.25, -0.2) is 8.78 Å². The van der Waals surface area contributed by atoms with Gasteiger partial charge in [-0.05, 0) is 54.1 Å². The summed E-state index contributed by atoms with van der Waals surface area (Å²) in [6.07, 6.45) is 3.25. The molecule has 0 N–H and O–H groups in total. The Morgan fingerprint density at radius 2 is 1.60 bits per heavy atom. The van der Waals surface area contributed by atoms with E-state index in [1.807, 2.05) is 0 Å². The number of carbonyl (C=O) groups is 1. The van der Waals surface area contributed by atoms with E-state index in [0.29, 0.717) is 22.6 Å². The van der Waals surface area contributed by atoms with Crippen LogP contribution in [0.5, 0.6) is 0 Å². The largest absolute Gasteiger partial charge is 0.274 e. The number of hydrogen-bond acceptors (Lipinski definition) is 3. The maximum atomic E-state index is 14.7. The summed E-state index contributed by atoms with van der Waals surface area (Å²) in [6.45, 7) is 1.37. The van der Waals surface area contributed by atoms with E-state index in [4.69, 9.17) is 0 Å². The van der Waals surface area contributed by atoms with E-state index in [2.05, 4.69) is 10.1 Å². The molecule has 0 atom stereocenters. The zero-order valence-corrected chi connectivity index (χ0v) is 16.4. The number of anilines is 2. The zero-order chi connectivity index (χ0) is 21.3. The first kappa shape index (κ1) is 19.4. The molecule has 1 amide bonds. The van der Waals surface area contributed by atoms with Crippen molar-refractivity contribution in [2.75, 3.05) is 4.90 Å². The molecular formula is C23H18F2N4O. The fourth-order valence-electron chi connectivity index (χ4n) is 3.43. The average molecular weight is 404 g/mol. The minimum Gasteiger partial charge on any atom is -0.274 e. The van der Waals surface area contributed by atoms with E-state index in [9.17, 15) is 13.6 Å². The van der Waals surface area contributed by atoms with Gasteiger partial charge in [-0.1, -0.05) is 12.1 Å². The summed E-state index contributed by atoms with van der Waals surface area (Å²) < 4.78 is 29.7. The van der Waals surface area contributed by atoms with Crippen molar-refractivity contribution < 1.29 is 13.6 Å². The molecule has 5 nitrogen and oxygen atoms in total. The Labute approximate surface area is 172 Å². The molecule has 0 fully saturated rings. The molecule has 0 radical (unpaired) electrons. The number of carbonyl (C=O) groups excluding carboxylic acids is 1. The van der Waals surface area contributed by atoms with Gasteiger partial charge in [0.05, 0.1) is 11.3 Å². The van der Waals surface area contributed by atoms with Crippen molar-refractivity contribution in [2.45, 2.75) is 6.92 Å². The monoisotopic (exact) mass is 404 g/mol. The van der Waals surface area contributed by atoms with Gasteiger partial charge in [-0.2, -0.15) is 5.10 Å². The van der Waals surface area contributed by atoms with Gasteiger partial charge in [-0.3, -0.25) is 19.4 Å². The molecule has 7 heteroatoms. The van der Waals surface area contributed by atoms with E-state index in [1.165, 1.54) is 40.8 Å². The molecule has 0 unspecified atom stereocenters. The van der Waals surface area contributed by atoms with E-state index in [1.54, 1.807) is 55.8 Å². The molecule has 0 aliphatic rings. The number of aromatic nitrogens is 3. The molecule has 0 spiro atoms. The molecule has 2 aromatic heterocycles. The van der Waals surface area contributed by atoms with E-state index < -0.39 is 5.82 Å². The highest BCUT2D eigenvalue weighted by atomic mass is 19.1.